The van der Waals surface area contributed by atoms with E-state index in [4.69, 9.17) is 5.26 Å². The SMILES string of the molecule is CCC(C)c1cccc(OO)c1C(C)CC. The van der Waals surface area contributed by atoms with Crippen molar-refractivity contribution in [2.45, 2.75) is 52.4 Å². The van der Waals surface area contributed by atoms with Crippen LogP contribution in [-0.2, 0) is 0 Å². The summed E-state index contributed by atoms with van der Waals surface area (Å²) in [5.41, 5.74) is 2.45. The van der Waals surface area contributed by atoms with Crippen molar-refractivity contribution in [3.63, 3.8) is 0 Å². The third kappa shape index (κ3) is 2.56. The maximum atomic E-state index is 8.94. The second-order valence-electron chi connectivity index (χ2n) is 4.47. The summed E-state index contributed by atoms with van der Waals surface area (Å²) in [4.78, 5) is 4.50. The van der Waals surface area contributed by atoms with E-state index >= 15 is 0 Å². The van der Waals surface area contributed by atoms with E-state index in [1.165, 1.54) is 5.56 Å². The van der Waals surface area contributed by atoms with Gasteiger partial charge >= 0.3 is 0 Å². The molecule has 1 rings (SSSR count). The Balaban J connectivity index is 3.25. The van der Waals surface area contributed by atoms with Crippen molar-refractivity contribution < 1.29 is 10.1 Å². The monoisotopic (exact) mass is 222 g/mol. The highest BCUT2D eigenvalue weighted by Crippen LogP contribution is 2.36. The fraction of sp³-hybridized carbons (Fsp3) is 0.571. The van der Waals surface area contributed by atoms with Crippen LogP contribution in [-0.4, -0.2) is 5.26 Å². The summed E-state index contributed by atoms with van der Waals surface area (Å²) < 4.78 is 0. The molecule has 0 saturated carbocycles. The third-order valence-electron chi connectivity index (χ3n) is 3.45. The van der Waals surface area contributed by atoms with Crippen LogP contribution in [0.3, 0.4) is 0 Å². The van der Waals surface area contributed by atoms with E-state index in [1.54, 1.807) is 0 Å². The zero-order chi connectivity index (χ0) is 12.1. The number of rotatable bonds is 5. The Bertz CT molecular complexity index is 334. The average molecular weight is 222 g/mol. The highest BCUT2D eigenvalue weighted by molar-refractivity contribution is 5.44. The number of hydrogen-bond acceptors (Lipinski definition) is 2. The Labute approximate surface area is 98.2 Å². The minimum atomic E-state index is 0.410. The van der Waals surface area contributed by atoms with Crippen LogP contribution < -0.4 is 4.89 Å². The minimum absolute atomic E-state index is 0.410. The summed E-state index contributed by atoms with van der Waals surface area (Å²) in [6, 6.07) is 5.91. The third-order valence-corrected chi connectivity index (χ3v) is 3.45. The molecule has 2 unspecified atom stereocenters. The van der Waals surface area contributed by atoms with E-state index in [0.717, 1.165) is 18.4 Å². The summed E-state index contributed by atoms with van der Waals surface area (Å²) in [5, 5.41) is 8.94. The molecule has 0 radical (unpaired) electrons. The van der Waals surface area contributed by atoms with Crippen LogP contribution >= 0.6 is 0 Å². The van der Waals surface area contributed by atoms with Crippen LogP contribution in [0.5, 0.6) is 5.75 Å². The summed E-state index contributed by atoms with van der Waals surface area (Å²) in [5.74, 6) is 1.51. The molecular weight excluding hydrogens is 200 g/mol. The van der Waals surface area contributed by atoms with Crippen molar-refractivity contribution in [3.8, 4) is 5.75 Å². The summed E-state index contributed by atoms with van der Waals surface area (Å²) >= 11 is 0. The van der Waals surface area contributed by atoms with Gasteiger partial charge < -0.3 is 4.89 Å². The first-order valence-corrected chi connectivity index (χ1v) is 6.09. The van der Waals surface area contributed by atoms with Gasteiger partial charge in [0.1, 0.15) is 0 Å². The Morgan fingerprint density at radius 2 is 1.75 bits per heavy atom. The molecule has 0 aliphatic rings. The van der Waals surface area contributed by atoms with E-state index in [-0.39, 0.29) is 0 Å². The Hall–Kier alpha value is -1.02. The number of benzene rings is 1. The van der Waals surface area contributed by atoms with Gasteiger partial charge in [0.15, 0.2) is 5.75 Å². The topological polar surface area (TPSA) is 29.5 Å². The zero-order valence-electron chi connectivity index (χ0n) is 10.7. The Morgan fingerprint density at radius 3 is 2.25 bits per heavy atom. The molecular formula is C14H22O2. The van der Waals surface area contributed by atoms with E-state index in [1.807, 2.05) is 12.1 Å². The van der Waals surface area contributed by atoms with Crippen molar-refractivity contribution in [1.82, 2.24) is 0 Å². The van der Waals surface area contributed by atoms with Gasteiger partial charge in [-0.2, -0.15) is 0 Å². The lowest BCUT2D eigenvalue weighted by Crippen LogP contribution is -2.04. The molecule has 0 amide bonds. The van der Waals surface area contributed by atoms with Gasteiger partial charge in [-0.15, -0.1) is 0 Å². The molecule has 2 heteroatoms. The Kier molecular flexibility index (Phi) is 4.81. The molecule has 1 N–H and O–H groups in total. The van der Waals surface area contributed by atoms with Crippen LogP contribution in [0.15, 0.2) is 18.2 Å². The van der Waals surface area contributed by atoms with Crippen LogP contribution in [0, 0.1) is 0 Å². The molecule has 0 aromatic heterocycles. The van der Waals surface area contributed by atoms with Gasteiger partial charge in [-0.25, -0.2) is 5.26 Å². The highest BCUT2D eigenvalue weighted by atomic mass is 17.1. The number of hydrogen-bond donors (Lipinski definition) is 1. The van der Waals surface area contributed by atoms with Gasteiger partial charge in [-0.05, 0) is 36.3 Å². The maximum Gasteiger partial charge on any atom is 0.168 e. The molecule has 2 atom stereocenters. The van der Waals surface area contributed by atoms with Crippen LogP contribution in [0.25, 0.3) is 0 Å². The van der Waals surface area contributed by atoms with Gasteiger partial charge in [0.05, 0.1) is 0 Å². The fourth-order valence-corrected chi connectivity index (χ4v) is 2.02. The molecule has 0 heterocycles. The predicted octanol–water partition coefficient (Wildman–Crippen LogP) is 4.57. The van der Waals surface area contributed by atoms with Crippen LogP contribution in [0.1, 0.15) is 63.5 Å². The van der Waals surface area contributed by atoms with Crippen LogP contribution in [0.2, 0.25) is 0 Å². The summed E-state index contributed by atoms with van der Waals surface area (Å²) in [6.45, 7) is 8.71. The lowest BCUT2D eigenvalue weighted by Gasteiger charge is -2.20. The lowest BCUT2D eigenvalue weighted by molar-refractivity contribution is -0.138. The minimum Gasteiger partial charge on any atom is -0.340 e. The molecule has 0 saturated heterocycles. The molecule has 2 nitrogen and oxygen atoms in total. The standard InChI is InChI=1S/C14H22O2/c1-5-10(3)12-8-7-9-13(16-15)14(12)11(4)6-2/h7-11,15H,5-6H2,1-4H3. The van der Waals surface area contributed by atoms with Crippen molar-refractivity contribution in [3.05, 3.63) is 29.3 Å². The average Bonchev–Trinajstić information content (AvgIpc) is 2.35. The second kappa shape index (κ2) is 5.90. The summed E-state index contributed by atoms with van der Waals surface area (Å²) in [7, 11) is 0. The van der Waals surface area contributed by atoms with E-state index < -0.39 is 0 Å². The quantitative estimate of drug-likeness (QED) is 0.584. The van der Waals surface area contributed by atoms with Crippen molar-refractivity contribution >= 4 is 0 Å². The van der Waals surface area contributed by atoms with Gasteiger partial charge in [0.2, 0.25) is 0 Å². The van der Waals surface area contributed by atoms with Crippen molar-refractivity contribution in [2.24, 2.45) is 0 Å². The smallest absolute Gasteiger partial charge is 0.168 e. The van der Waals surface area contributed by atoms with Gasteiger partial charge in [0.25, 0.3) is 0 Å². The molecule has 0 spiro atoms. The highest BCUT2D eigenvalue weighted by Gasteiger charge is 2.18. The first-order valence-electron chi connectivity index (χ1n) is 6.09. The molecule has 16 heavy (non-hydrogen) atoms. The molecule has 0 bridgehead atoms. The normalized spacial score (nSPS) is 14.6. The molecule has 0 aliphatic carbocycles. The molecule has 1 aromatic rings. The van der Waals surface area contributed by atoms with Crippen LogP contribution in [0.4, 0.5) is 0 Å². The molecule has 0 fully saturated rings. The van der Waals surface area contributed by atoms with Gasteiger partial charge in [0, 0.05) is 5.56 Å². The zero-order valence-corrected chi connectivity index (χ0v) is 10.7. The van der Waals surface area contributed by atoms with Crippen molar-refractivity contribution in [1.29, 1.82) is 0 Å². The predicted molar refractivity (Wildman–Crippen MR) is 67.1 cm³/mol. The van der Waals surface area contributed by atoms with Gasteiger partial charge in [-0.1, -0.05) is 39.8 Å². The Morgan fingerprint density at radius 1 is 1.12 bits per heavy atom. The second-order valence-corrected chi connectivity index (χ2v) is 4.47. The van der Waals surface area contributed by atoms with E-state index in [0.29, 0.717) is 17.6 Å². The van der Waals surface area contributed by atoms with E-state index in [2.05, 4.69) is 38.6 Å². The molecule has 1 aromatic carbocycles. The van der Waals surface area contributed by atoms with Gasteiger partial charge in [-0.3, -0.25) is 0 Å². The van der Waals surface area contributed by atoms with E-state index in [9.17, 15) is 0 Å². The lowest BCUT2D eigenvalue weighted by atomic mass is 9.86. The largest absolute Gasteiger partial charge is 0.340 e. The fourth-order valence-electron chi connectivity index (χ4n) is 2.02. The first-order chi connectivity index (χ1) is 7.65. The maximum absolute atomic E-state index is 8.94. The molecule has 0 aliphatic heterocycles. The summed E-state index contributed by atoms with van der Waals surface area (Å²) in [6.07, 6.45) is 2.14. The van der Waals surface area contributed by atoms with Crippen molar-refractivity contribution in [2.75, 3.05) is 0 Å². The first kappa shape index (κ1) is 13.0. The molecule has 90 valence electrons.